The molecule has 0 bridgehead atoms. The minimum absolute atomic E-state index is 0.0731. The zero-order valence-corrected chi connectivity index (χ0v) is 12.2. The zero-order valence-electron chi connectivity index (χ0n) is 10.6. The summed E-state index contributed by atoms with van der Waals surface area (Å²) in [5.74, 6) is -0.137. The molecule has 1 rings (SSSR count). The number of carbonyl (C=O) groups is 2. The smallest absolute Gasteiger partial charge is 0.339 e. The van der Waals surface area contributed by atoms with Gasteiger partial charge >= 0.3 is 5.97 Å². The summed E-state index contributed by atoms with van der Waals surface area (Å²) in [5.41, 5.74) is 0.164. The van der Waals surface area contributed by atoms with Gasteiger partial charge in [0, 0.05) is 0 Å². The molecule has 1 aromatic rings. The van der Waals surface area contributed by atoms with E-state index in [9.17, 15) is 9.59 Å². The lowest BCUT2D eigenvalue weighted by Gasteiger charge is -2.09. The van der Waals surface area contributed by atoms with Crippen LogP contribution in [0.4, 0.5) is 5.69 Å². The lowest BCUT2D eigenvalue weighted by Crippen LogP contribution is -2.17. The molecule has 0 atom stereocenters. The average Bonchev–Trinajstić information content (AvgIpc) is 2.34. The highest BCUT2D eigenvalue weighted by molar-refractivity contribution is 7.99. The van der Waals surface area contributed by atoms with Gasteiger partial charge in [-0.05, 0) is 24.3 Å². The van der Waals surface area contributed by atoms with Gasteiger partial charge in [0.15, 0.2) is 0 Å². The Hall–Kier alpha value is -1.20. The molecule has 0 saturated heterocycles. The molecule has 1 aromatic carbocycles. The number of unbranched alkanes of at least 4 members (excludes halogenated alkanes) is 1. The Kier molecular flexibility index (Phi) is 6.73. The van der Waals surface area contributed by atoms with E-state index in [4.69, 9.17) is 16.7 Å². The van der Waals surface area contributed by atoms with Gasteiger partial charge in [-0.3, -0.25) is 4.79 Å². The van der Waals surface area contributed by atoms with Crippen molar-refractivity contribution >= 4 is 40.9 Å². The van der Waals surface area contributed by atoms with Crippen molar-refractivity contribution in [1.29, 1.82) is 0 Å². The van der Waals surface area contributed by atoms with Crippen molar-refractivity contribution in [2.24, 2.45) is 0 Å². The number of nitrogens with one attached hydrogen (secondary N) is 1. The van der Waals surface area contributed by atoms with Crippen molar-refractivity contribution in [1.82, 2.24) is 0 Å². The van der Waals surface area contributed by atoms with Gasteiger partial charge in [0.25, 0.3) is 0 Å². The van der Waals surface area contributed by atoms with E-state index in [-0.39, 0.29) is 22.2 Å². The lowest BCUT2D eigenvalue weighted by atomic mass is 10.2. The molecule has 19 heavy (non-hydrogen) atoms. The van der Waals surface area contributed by atoms with E-state index >= 15 is 0 Å². The lowest BCUT2D eigenvalue weighted by molar-refractivity contribution is -0.113. The maximum Gasteiger partial charge on any atom is 0.339 e. The number of aromatic carboxylic acids is 1. The summed E-state index contributed by atoms with van der Waals surface area (Å²) in [6.07, 6.45) is 2.15. The predicted octanol–water partition coefficient (Wildman–Crippen LogP) is 3.51. The van der Waals surface area contributed by atoms with Crippen LogP contribution >= 0.6 is 23.4 Å². The number of amides is 1. The first-order valence-corrected chi connectivity index (χ1v) is 7.49. The van der Waals surface area contributed by atoms with Crippen molar-refractivity contribution in [3.05, 3.63) is 28.8 Å². The number of halogens is 1. The molecule has 2 N–H and O–H groups in total. The van der Waals surface area contributed by atoms with Crippen LogP contribution in [0.15, 0.2) is 18.2 Å². The van der Waals surface area contributed by atoms with Gasteiger partial charge in [0.2, 0.25) is 5.91 Å². The zero-order chi connectivity index (χ0) is 14.3. The van der Waals surface area contributed by atoms with Gasteiger partial charge in [-0.2, -0.15) is 11.8 Å². The first kappa shape index (κ1) is 15.9. The molecule has 4 nitrogen and oxygen atoms in total. The fourth-order valence-electron chi connectivity index (χ4n) is 1.44. The Balaban J connectivity index is 2.64. The molecule has 1 amide bonds. The normalized spacial score (nSPS) is 10.2. The standard InChI is InChI=1S/C13H16ClNO3S/c1-2-3-7-19-8-11(16)15-10-6-4-5-9(14)12(10)13(17)18/h4-6H,2-3,7-8H2,1H3,(H,15,16)(H,17,18). The Bertz CT molecular complexity index is 465. The molecule has 0 aliphatic heterocycles. The van der Waals surface area contributed by atoms with Crippen LogP contribution in [-0.2, 0) is 4.79 Å². The van der Waals surface area contributed by atoms with Crippen molar-refractivity contribution in [2.75, 3.05) is 16.8 Å². The van der Waals surface area contributed by atoms with Crippen molar-refractivity contribution in [3.8, 4) is 0 Å². The number of thioether (sulfide) groups is 1. The third-order valence-corrected chi connectivity index (χ3v) is 3.74. The van der Waals surface area contributed by atoms with Crippen molar-refractivity contribution in [3.63, 3.8) is 0 Å². The molecule has 104 valence electrons. The minimum Gasteiger partial charge on any atom is -0.478 e. The number of carboxylic acid groups (broad SMARTS) is 1. The van der Waals surface area contributed by atoms with Crippen LogP contribution in [0.5, 0.6) is 0 Å². The summed E-state index contributed by atoms with van der Waals surface area (Å²) in [6, 6.07) is 4.62. The molecule has 0 fully saturated rings. The summed E-state index contributed by atoms with van der Waals surface area (Å²) in [4.78, 5) is 22.8. The molecular weight excluding hydrogens is 286 g/mol. The van der Waals surface area contributed by atoms with E-state index in [0.29, 0.717) is 5.75 Å². The fraction of sp³-hybridized carbons (Fsp3) is 0.385. The number of rotatable bonds is 7. The predicted molar refractivity (Wildman–Crippen MR) is 79.3 cm³/mol. The SMILES string of the molecule is CCCCSCC(=O)Nc1cccc(Cl)c1C(=O)O. The highest BCUT2D eigenvalue weighted by atomic mass is 35.5. The van der Waals surface area contributed by atoms with E-state index < -0.39 is 5.97 Å². The Morgan fingerprint density at radius 2 is 2.16 bits per heavy atom. The molecule has 0 radical (unpaired) electrons. The average molecular weight is 302 g/mol. The number of carboxylic acids is 1. The molecule has 0 aromatic heterocycles. The minimum atomic E-state index is -1.15. The molecule has 0 spiro atoms. The third kappa shape index (κ3) is 5.12. The number of carbonyl (C=O) groups excluding carboxylic acids is 1. The van der Waals surface area contributed by atoms with Crippen molar-refractivity contribution in [2.45, 2.75) is 19.8 Å². The van der Waals surface area contributed by atoms with E-state index in [0.717, 1.165) is 18.6 Å². The van der Waals surface area contributed by atoms with Crippen molar-refractivity contribution < 1.29 is 14.7 Å². The van der Waals surface area contributed by atoms with Gasteiger partial charge in [-0.25, -0.2) is 4.79 Å². The Labute approximate surface area is 121 Å². The van der Waals surface area contributed by atoms with Crippen LogP contribution in [-0.4, -0.2) is 28.5 Å². The molecule has 0 aliphatic rings. The second kappa shape index (κ2) is 8.07. The Morgan fingerprint density at radius 1 is 1.42 bits per heavy atom. The fourth-order valence-corrected chi connectivity index (χ4v) is 2.59. The van der Waals surface area contributed by atoms with Crippen LogP contribution in [0.25, 0.3) is 0 Å². The topological polar surface area (TPSA) is 66.4 Å². The van der Waals surface area contributed by atoms with Gasteiger partial charge in [0.1, 0.15) is 5.56 Å². The largest absolute Gasteiger partial charge is 0.478 e. The monoisotopic (exact) mass is 301 g/mol. The van der Waals surface area contributed by atoms with E-state index in [1.54, 1.807) is 6.07 Å². The molecular formula is C13H16ClNO3S. The summed E-state index contributed by atoms with van der Waals surface area (Å²) in [6.45, 7) is 2.09. The first-order valence-electron chi connectivity index (χ1n) is 5.95. The van der Waals surface area contributed by atoms with Gasteiger partial charge < -0.3 is 10.4 Å². The molecule has 0 aliphatic carbocycles. The summed E-state index contributed by atoms with van der Waals surface area (Å²) in [5, 5.41) is 11.8. The molecule has 0 heterocycles. The maximum absolute atomic E-state index is 11.7. The Morgan fingerprint density at radius 3 is 2.79 bits per heavy atom. The number of hydrogen-bond donors (Lipinski definition) is 2. The molecule has 0 unspecified atom stereocenters. The summed E-state index contributed by atoms with van der Waals surface area (Å²) >= 11 is 7.35. The van der Waals surface area contributed by atoms with E-state index in [2.05, 4.69) is 12.2 Å². The first-order chi connectivity index (χ1) is 9.06. The third-order valence-electron chi connectivity index (χ3n) is 2.38. The van der Waals surface area contributed by atoms with Crippen LogP contribution in [0.2, 0.25) is 5.02 Å². The molecule has 6 heteroatoms. The van der Waals surface area contributed by atoms with Gasteiger partial charge in [-0.1, -0.05) is 31.0 Å². The number of hydrogen-bond acceptors (Lipinski definition) is 3. The summed E-state index contributed by atoms with van der Waals surface area (Å²) < 4.78 is 0. The van der Waals surface area contributed by atoms with Crippen LogP contribution < -0.4 is 5.32 Å². The second-order valence-electron chi connectivity index (χ2n) is 3.92. The summed E-state index contributed by atoms with van der Waals surface area (Å²) in [7, 11) is 0. The molecule has 0 saturated carbocycles. The van der Waals surface area contributed by atoms with Crippen LogP contribution in [0, 0.1) is 0 Å². The number of anilines is 1. The van der Waals surface area contributed by atoms with E-state index in [1.807, 2.05) is 0 Å². The van der Waals surface area contributed by atoms with Gasteiger partial charge in [0.05, 0.1) is 16.5 Å². The van der Waals surface area contributed by atoms with Gasteiger partial charge in [-0.15, -0.1) is 0 Å². The maximum atomic E-state index is 11.7. The van der Waals surface area contributed by atoms with Crippen LogP contribution in [0.1, 0.15) is 30.1 Å². The highest BCUT2D eigenvalue weighted by Gasteiger charge is 2.15. The quantitative estimate of drug-likeness (QED) is 0.756. The highest BCUT2D eigenvalue weighted by Crippen LogP contribution is 2.24. The van der Waals surface area contributed by atoms with E-state index in [1.165, 1.54) is 23.9 Å². The van der Waals surface area contributed by atoms with Crippen LogP contribution in [0.3, 0.4) is 0 Å². The number of benzene rings is 1. The second-order valence-corrected chi connectivity index (χ2v) is 5.43.